The maximum atomic E-state index is 11.4. The van der Waals surface area contributed by atoms with E-state index in [-0.39, 0.29) is 13.2 Å². The number of carboxylic acids is 2. The van der Waals surface area contributed by atoms with Gasteiger partial charge in [0.1, 0.15) is 26.4 Å². The zero-order chi connectivity index (χ0) is 43.0. The van der Waals surface area contributed by atoms with Gasteiger partial charge in [-0.05, 0) is 0 Å². The SMILES string of the molecule is O=C(O)COCC(=O)NCCOCCOCCOCCOCCOCCOCCOCCOCCOCCOCCOCCOCCOCCNC(=O)COCC(=O)O. The molecule has 0 aliphatic carbocycles. The molecular formula is C36H68N2O21. The predicted molar refractivity (Wildman–Crippen MR) is 204 cm³/mol. The van der Waals surface area contributed by atoms with Crippen molar-refractivity contribution >= 4 is 23.8 Å². The van der Waals surface area contributed by atoms with Crippen LogP contribution in [0.5, 0.6) is 0 Å². The van der Waals surface area contributed by atoms with Crippen molar-refractivity contribution in [3.63, 3.8) is 0 Å². The molecule has 0 saturated heterocycles. The number of rotatable bonds is 50. The second-order valence-corrected chi connectivity index (χ2v) is 11.4. The third-order valence-corrected chi connectivity index (χ3v) is 6.52. The van der Waals surface area contributed by atoms with Crippen LogP contribution in [-0.2, 0) is 90.2 Å². The van der Waals surface area contributed by atoms with Gasteiger partial charge in [0.25, 0.3) is 0 Å². The topological polar surface area (TPSA) is 271 Å². The number of carbonyl (C=O) groups excluding carboxylic acids is 2. The van der Waals surface area contributed by atoms with Gasteiger partial charge in [-0.15, -0.1) is 0 Å². The Labute approximate surface area is 346 Å². The number of hydrogen-bond acceptors (Lipinski definition) is 19. The molecule has 348 valence electrons. The summed E-state index contributed by atoms with van der Waals surface area (Å²) in [5.74, 6) is -3.07. The monoisotopic (exact) mass is 864 g/mol. The molecule has 0 radical (unpaired) electrons. The number of carbonyl (C=O) groups is 4. The largest absolute Gasteiger partial charge is 0.480 e. The summed E-state index contributed by atoms with van der Waals surface area (Å²) in [5.41, 5.74) is 0. The van der Waals surface area contributed by atoms with E-state index in [9.17, 15) is 19.2 Å². The fourth-order valence-electron chi connectivity index (χ4n) is 3.83. The zero-order valence-corrected chi connectivity index (χ0v) is 34.3. The maximum absolute atomic E-state index is 11.4. The second-order valence-electron chi connectivity index (χ2n) is 11.4. The van der Waals surface area contributed by atoms with Crippen LogP contribution in [0.4, 0.5) is 0 Å². The lowest BCUT2D eigenvalue weighted by molar-refractivity contribution is -0.145. The highest BCUT2D eigenvalue weighted by molar-refractivity contribution is 5.78. The summed E-state index contributed by atoms with van der Waals surface area (Å²) in [7, 11) is 0. The van der Waals surface area contributed by atoms with Gasteiger partial charge in [0.2, 0.25) is 11.8 Å². The van der Waals surface area contributed by atoms with Crippen molar-refractivity contribution < 1.29 is 100 Å². The fourth-order valence-corrected chi connectivity index (χ4v) is 3.83. The summed E-state index contributed by atoms with van der Waals surface area (Å²) in [4.78, 5) is 43.4. The number of carboxylic acid groups (broad SMARTS) is 2. The minimum absolute atomic E-state index is 0.290. The van der Waals surface area contributed by atoms with Crippen LogP contribution in [-0.4, -0.2) is 245 Å². The van der Waals surface area contributed by atoms with Crippen LogP contribution < -0.4 is 10.6 Å². The van der Waals surface area contributed by atoms with Gasteiger partial charge in [0.15, 0.2) is 0 Å². The minimum atomic E-state index is -1.13. The molecule has 0 unspecified atom stereocenters. The molecule has 23 heteroatoms. The van der Waals surface area contributed by atoms with E-state index < -0.39 is 37.0 Å². The van der Waals surface area contributed by atoms with Gasteiger partial charge in [0.05, 0.1) is 172 Å². The Morgan fingerprint density at radius 2 is 0.424 bits per heavy atom. The van der Waals surface area contributed by atoms with Gasteiger partial charge >= 0.3 is 11.9 Å². The first-order valence-electron chi connectivity index (χ1n) is 19.5. The first-order valence-corrected chi connectivity index (χ1v) is 19.5. The van der Waals surface area contributed by atoms with Gasteiger partial charge < -0.3 is 91.9 Å². The molecule has 0 rings (SSSR count). The normalized spacial score (nSPS) is 11.3. The average Bonchev–Trinajstić information content (AvgIpc) is 3.20. The van der Waals surface area contributed by atoms with Crippen LogP contribution in [0.2, 0.25) is 0 Å². The van der Waals surface area contributed by atoms with Gasteiger partial charge in [-0.25, -0.2) is 9.59 Å². The van der Waals surface area contributed by atoms with Crippen molar-refractivity contribution in [2.45, 2.75) is 0 Å². The number of aliphatic carboxylic acids is 2. The second kappa shape index (κ2) is 48.0. The molecule has 0 aromatic heterocycles. The summed E-state index contributed by atoms with van der Waals surface area (Å²) in [6, 6.07) is 0. The van der Waals surface area contributed by atoms with Crippen LogP contribution in [0.15, 0.2) is 0 Å². The summed E-state index contributed by atoms with van der Waals surface area (Å²) >= 11 is 0. The molecule has 0 fully saturated rings. The van der Waals surface area contributed by atoms with Crippen LogP contribution >= 0.6 is 0 Å². The number of nitrogens with one attached hydrogen (secondary N) is 2. The standard InChI is InChI=1S/C36H68N2O21/c39-33(29-58-31-35(41)42)37-1-3-45-5-7-47-9-11-49-13-15-51-17-19-53-21-23-55-25-27-57-28-26-56-24-22-54-20-18-52-16-14-50-12-10-48-8-6-46-4-2-38-34(40)30-59-32-36(43)44/h1-32H2,(H,37,39)(H,38,40)(H,41,42)(H,43,44). The van der Waals surface area contributed by atoms with Crippen LogP contribution in [0.3, 0.4) is 0 Å². The lowest BCUT2D eigenvalue weighted by atomic mass is 10.6. The molecule has 0 spiro atoms. The van der Waals surface area contributed by atoms with Crippen molar-refractivity contribution in [2.24, 2.45) is 0 Å². The molecule has 2 amide bonds. The van der Waals surface area contributed by atoms with E-state index in [1.54, 1.807) is 0 Å². The van der Waals surface area contributed by atoms with E-state index in [0.29, 0.717) is 185 Å². The van der Waals surface area contributed by atoms with Gasteiger partial charge in [-0.3, -0.25) is 9.59 Å². The van der Waals surface area contributed by atoms with E-state index in [0.717, 1.165) is 0 Å². The Morgan fingerprint density at radius 1 is 0.254 bits per heavy atom. The molecule has 0 aromatic rings. The molecule has 4 N–H and O–H groups in total. The lowest BCUT2D eigenvalue weighted by Gasteiger charge is -2.09. The molecule has 59 heavy (non-hydrogen) atoms. The fraction of sp³-hybridized carbons (Fsp3) is 0.889. The van der Waals surface area contributed by atoms with E-state index in [1.165, 1.54) is 0 Å². The first-order chi connectivity index (χ1) is 28.9. The van der Waals surface area contributed by atoms with Crippen molar-refractivity contribution in [1.29, 1.82) is 0 Å². The highest BCUT2D eigenvalue weighted by Gasteiger charge is 2.04. The molecular weight excluding hydrogens is 796 g/mol. The Kier molecular flexibility index (Phi) is 45.7. The number of ether oxygens (including phenoxy) is 15. The molecule has 0 saturated carbocycles. The Hall–Kier alpha value is -2.72. The maximum Gasteiger partial charge on any atom is 0.329 e. The number of amides is 2. The van der Waals surface area contributed by atoms with Crippen molar-refractivity contribution in [1.82, 2.24) is 10.6 Å². The predicted octanol–water partition coefficient (Wildman–Crippen LogP) is -2.36. The molecule has 0 heterocycles. The lowest BCUT2D eigenvalue weighted by Crippen LogP contribution is -2.31. The molecule has 0 aromatic carbocycles. The third kappa shape index (κ3) is 51.4. The van der Waals surface area contributed by atoms with Crippen molar-refractivity contribution in [3.05, 3.63) is 0 Å². The summed E-state index contributed by atoms with van der Waals surface area (Å²) in [6.07, 6.45) is 0. The molecule has 0 bridgehead atoms. The number of hydrogen-bond donors (Lipinski definition) is 4. The molecule has 0 aliphatic rings. The Balaban J connectivity index is 3.12. The zero-order valence-electron chi connectivity index (χ0n) is 34.3. The quantitative estimate of drug-likeness (QED) is 0.0466. The van der Waals surface area contributed by atoms with E-state index >= 15 is 0 Å². The Morgan fingerprint density at radius 3 is 0.593 bits per heavy atom. The third-order valence-electron chi connectivity index (χ3n) is 6.52. The van der Waals surface area contributed by atoms with Crippen LogP contribution in [0, 0.1) is 0 Å². The van der Waals surface area contributed by atoms with Gasteiger partial charge in [-0.1, -0.05) is 0 Å². The summed E-state index contributed by atoms with van der Waals surface area (Å²) in [5, 5.41) is 22.0. The minimum Gasteiger partial charge on any atom is -0.480 e. The van der Waals surface area contributed by atoms with Crippen molar-refractivity contribution in [3.8, 4) is 0 Å². The van der Waals surface area contributed by atoms with Crippen molar-refractivity contribution in [2.75, 3.05) is 211 Å². The smallest absolute Gasteiger partial charge is 0.329 e. The van der Waals surface area contributed by atoms with Gasteiger partial charge in [-0.2, -0.15) is 0 Å². The molecule has 23 nitrogen and oxygen atoms in total. The summed E-state index contributed by atoms with van der Waals surface area (Å²) < 4.78 is 79.9. The van der Waals surface area contributed by atoms with Crippen LogP contribution in [0.25, 0.3) is 0 Å². The van der Waals surface area contributed by atoms with E-state index in [2.05, 4.69) is 20.1 Å². The summed E-state index contributed by atoms with van der Waals surface area (Å²) in [6.45, 7) is 10.0. The van der Waals surface area contributed by atoms with Crippen LogP contribution in [0.1, 0.15) is 0 Å². The van der Waals surface area contributed by atoms with Gasteiger partial charge in [0, 0.05) is 13.1 Å². The highest BCUT2D eigenvalue weighted by atomic mass is 16.6. The highest BCUT2D eigenvalue weighted by Crippen LogP contribution is 1.88. The average molecular weight is 865 g/mol. The van der Waals surface area contributed by atoms with E-state index in [1.807, 2.05) is 0 Å². The van der Waals surface area contributed by atoms with E-state index in [4.69, 9.17) is 71.8 Å². The first kappa shape index (κ1) is 56.3. The molecule has 0 atom stereocenters. The molecule has 0 aliphatic heterocycles. The Bertz CT molecular complexity index is 882.